The monoisotopic (exact) mass is 390 g/mol. The standard InChI is InChI=1S/C20H18.2C2H6.3CH3.Al/c1-20(17-11-5-2-6-12-17,18-13-7-3-8-14-18)19-15-9-4-10-16-19;2*1-2;;;;/h2-16H,1H3;2*1-2H3;3*1H3;. The maximum absolute atomic E-state index is 2.31. The van der Waals surface area contributed by atoms with Gasteiger partial charge in [0.05, 0.1) is 0 Å². The van der Waals surface area contributed by atoms with Crippen molar-refractivity contribution in [2.45, 2.75) is 57.4 Å². The highest BCUT2D eigenvalue weighted by Crippen LogP contribution is 2.38. The first-order chi connectivity index (χ1) is 13.5. The summed E-state index contributed by atoms with van der Waals surface area (Å²) in [5, 5.41) is 0. The summed E-state index contributed by atoms with van der Waals surface area (Å²) in [6.07, 6.45) is 0. The summed E-state index contributed by atoms with van der Waals surface area (Å²) in [6.45, 7) is 10.3. The van der Waals surface area contributed by atoms with E-state index in [4.69, 9.17) is 0 Å². The Morgan fingerprint density at radius 2 is 0.643 bits per heavy atom. The van der Waals surface area contributed by atoms with Crippen molar-refractivity contribution in [1.29, 1.82) is 0 Å². The average Bonchev–Trinajstić information content (AvgIpc) is 2.77. The fourth-order valence-corrected chi connectivity index (χ4v) is 2.81. The van der Waals surface area contributed by atoms with Crippen LogP contribution in [0.3, 0.4) is 0 Å². The van der Waals surface area contributed by atoms with Crippen LogP contribution in [0, 0.1) is 0 Å². The van der Waals surface area contributed by atoms with Gasteiger partial charge in [-0.05, 0) is 23.6 Å². The highest BCUT2D eigenvalue weighted by molar-refractivity contribution is 6.54. The lowest BCUT2D eigenvalue weighted by Crippen LogP contribution is -2.25. The second-order valence-corrected chi connectivity index (χ2v) is 10.4. The van der Waals surface area contributed by atoms with Crippen molar-refractivity contribution in [3.8, 4) is 0 Å². The molecule has 0 fully saturated rings. The zero-order chi connectivity index (χ0) is 21.4. The quantitative estimate of drug-likeness (QED) is 0.311. The van der Waals surface area contributed by atoms with Gasteiger partial charge < -0.3 is 0 Å². The molecule has 1 heteroatoms. The number of hydrogen-bond acceptors (Lipinski definition) is 0. The van der Waals surface area contributed by atoms with Gasteiger partial charge in [-0.1, -0.05) is 119 Å². The zero-order valence-corrected chi connectivity index (χ0v) is 20.4. The Morgan fingerprint density at radius 1 is 0.464 bits per heavy atom. The highest BCUT2D eigenvalue weighted by Gasteiger charge is 2.30. The third-order valence-electron chi connectivity index (χ3n) is 4.05. The molecule has 28 heavy (non-hydrogen) atoms. The molecule has 0 saturated heterocycles. The molecule has 0 nitrogen and oxygen atoms in total. The Kier molecular flexibility index (Phi) is 14.2. The van der Waals surface area contributed by atoms with Crippen LogP contribution in [0.4, 0.5) is 0 Å². The van der Waals surface area contributed by atoms with E-state index in [1.165, 1.54) is 16.7 Å². The average molecular weight is 391 g/mol. The van der Waals surface area contributed by atoms with E-state index in [1.807, 2.05) is 27.7 Å². The van der Waals surface area contributed by atoms with E-state index < -0.39 is 0 Å². The lowest BCUT2D eigenvalue weighted by Gasteiger charge is -2.31. The lowest BCUT2D eigenvalue weighted by atomic mass is 9.71. The van der Waals surface area contributed by atoms with Gasteiger partial charge in [0.1, 0.15) is 0 Å². The Bertz CT molecular complexity index is 604. The van der Waals surface area contributed by atoms with Crippen LogP contribution in [0.5, 0.6) is 0 Å². The van der Waals surface area contributed by atoms with Crippen LogP contribution in [-0.4, -0.2) is 14.1 Å². The van der Waals surface area contributed by atoms with Gasteiger partial charge in [-0.2, -0.15) is 0 Å². The molecule has 0 aliphatic carbocycles. The van der Waals surface area contributed by atoms with E-state index in [2.05, 4.69) is 115 Å². The minimum Gasteiger partial charge on any atom is -0.106 e. The second kappa shape index (κ2) is 15.2. The summed E-state index contributed by atoms with van der Waals surface area (Å²) < 4.78 is 0. The van der Waals surface area contributed by atoms with E-state index in [9.17, 15) is 0 Å². The minimum absolute atomic E-state index is 0.121. The van der Waals surface area contributed by atoms with Crippen LogP contribution in [0.25, 0.3) is 0 Å². The molecular formula is C27H39Al. The van der Waals surface area contributed by atoms with E-state index in [-0.39, 0.29) is 19.6 Å². The summed E-state index contributed by atoms with van der Waals surface area (Å²) >= 11 is -0.139. The van der Waals surface area contributed by atoms with Gasteiger partial charge >= 0.3 is 0 Å². The predicted octanol–water partition coefficient (Wildman–Crippen LogP) is 8.46. The predicted molar refractivity (Wildman–Crippen MR) is 131 cm³/mol. The van der Waals surface area contributed by atoms with Crippen LogP contribution >= 0.6 is 0 Å². The van der Waals surface area contributed by atoms with Crippen molar-refractivity contribution in [3.63, 3.8) is 0 Å². The fourth-order valence-electron chi connectivity index (χ4n) is 2.81. The van der Waals surface area contributed by atoms with Gasteiger partial charge in [-0.15, -0.1) is 17.4 Å². The van der Waals surface area contributed by atoms with Crippen molar-refractivity contribution in [1.82, 2.24) is 0 Å². The number of benzene rings is 3. The number of rotatable bonds is 3. The van der Waals surface area contributed by atoms with Gasteiger partial charge in [0, 0.05) is 5.41 Å². The fraction of sp³-hybridized carbons (Fsp3) is 0.333. The van der Waals surface area contributed by atoms with Crippen molar-refractivity contribution in [3.05, 3.63) is 108 Å². The molecule has 0 unspecified atom stereocenters. The molecule has 0 spiro atoms. The first kappa shape index (κ1) is 26.2. The first-order valence-electron chi connectivity index (χ1n) is 10.7. The molecule has 0 heterocycles. The highest BCUT2D eigenvalue weighted by atomic mass is 27.2. The molecular weight excluding hydrogens is 351 g/mol. The molecule has 0 saturated carbocycles. The molecule has 3 aromatic carbocycles. The van der Waals surface area contributed by atoms with Crippen molar-refractivity contribution >= 4 is 14.1 Å². The molecule has 0 radical (unpaired) electrons. The van der Waals surface area contributed by atoms with E-state index in [1.54, 1.807) is 0 Å². The van der Waals surface area contributed by atoms with Crippen LogP contribution in [0.15, 0.2) is 91.0 Å². The third kappa shape index (κ3) is 8.06. The molecule has 0 amide bonds. The molecule has 0 aromatic heterocycles. The summed E-state index contributed by atoms with van der Waals surface area (Å²) in [5.74, 6) is 6.92. The van der Waals surface area contributed by atoms with Crippen molar-refractivity contribution in [2.24, 2.45) is 0 Å². The molecule has 0 atom stereocenters. The summed E-state index contributed by atoms with van der Waals surface area (Å²) in [6, 6.07) is 32.1. The molecule has 150 valence electrons. The van der Waals surface area contributed by atoms with E-state index in [0.717, 1.165) is 0 Å². The summed E-state index contributed by atoms with van der Waals surface area (Å²) in [7, 11) is 0. The molecule has 3 aromatic rings. The molecule has 0 aliphatic heterocycles. The van der Waals surface area contributed by atoms with Crippen LogP contribution in [0.2, 0.25) is 17.4 Å². The smallest absolute Gasteiger partial charge is 0.106 e. The van der Waals surface area contributed by atoms with Gasteiger partial charge in [-0.3, -0.25) is 0 Å². The third-order valence-corrected chi connectivity index (χ3v) is 4.05. The van der Waals surface area contributed by atoms with Crippen LogP contribution in [0.1, 0.15) is 51.3 Å². The van der Waals surface area contributed by atoms with Crippen LogP contribution < -0.4 is 0 Å². The lowest BCUT2D eigenvalue weighted by molar-refractivity contribution is 0.692. The first-order valence-corrected chi connectivity index (χ1v) is 14.2. The van der Waals surface area contributed by atoms with E-state index in [0.29, 0.717) is 0 Å². The Hall–Kier alpha value is -1.81. The van der Waals surface area contributed by atoms with Crippen LogP contribution in [-0.2, 0) is 5.41 Å². The van der Waals surface area contributed by atoms with E-state index >= 15 is 0 Å². The maximum Gasteiger partial charge on any atom is 0.251 e. The van der Waals surface area contributed by atoms with Gasteiger partial charge in [-0.25, -0.2) is 0 Å². The largest absolute Gasteiger partial charge is 0.251 e. The normalized spacial score (nSPS) is 9.43. The SMILES string of the molecule is CC.CC.CC(c1ccccc1)(c1ccccc1)c1ccccc1.[CH3][Al]([CH3])[CH3]. The summed E-state index contributed by atoms with van der Waals surface area (Å²) in [5.41, 5.74) is 3.83. The topological polar surface area (TPSA) is 0 Å². The molecule has 0 aliphatic rings. The summed E-state index contributed by atoms with van der Waals surface area (Å²) in [4.78, 5) is 0. The second-order valence-electron chi connectivity index (χ2n) is 6.96. The zero-order valence-electron chi connectivity index (χ0n) is 19.2. The van der Waals surface area contributed by atoms with Gasteiger partial charge in [0.25, 0.3) is 14.1 Å². The van der Waals surface area contributed by atoms with Crippen molar-refractivity contribution in [2.75, 3.05) is 0 Å². The molecule has 0 N–H and O–H groups in total. The molecule has 3 rings (SSSR count). The minimum atomic E-state index is -0.139. The van der Waals surface area contributed by atoms with Crippen molar-refractivity contribution < 1.29 is 0 Å². The molecule has 0 bridgehead atoms. The number of hydrogen-bond donors (Lipinski definition) is 0. The Labute approximate surface area is 179 Å². The Morgan fingerprint density at radius 3 is 0.821 bits per heavy atom. The maximum atomic E-state index is 2.31. The van der Waals surface area contributed by atoms with Gasteiger partial charge in [0.2, 0.25) is 0 Å². The van der Waals surface area contributed by atoms with Gasteiger partial charge in [0.15, 0.2) is 0 Å². The Balaban J connectivity index is 0.000000797.